The van der Waals surface area contributed by atoms with Crippen molar-refractivity contribution in [2.45, 2.75) is 22.9 Å². The summed E-state index contributed by atoms with van der Waals surface area (Å²) >= 11 is 4.93. The molecule has 0 saturated heterocycles. The minimum absolute atomic E-state index is 0.537. The number of hydrogen-bond acceptors (Lipinski definition) is 5. The number of nitrogens with one attached hydrogen (secondary N) is 1. The van der Waals surface area contributed by atoms with Gasteiger partial charge in [0.25, 0.3) is 0 Å². The Bertz CT molecular complexity index is 759. The standard InChI is InChI=1S/C13H11BrN4OS/c1-7(19)9-3-2-8(14)4-10(9)20-13-11-12(16-5-15-11)17-6-18-13/h2-7,19H,1H3,(H,15,16,17,18). The molecule has 2 N–H and O–H groups in total. The predicted octanol–water partition coefficient (Wildman–Crippen LogP) is 3.32. The summed E-state index contributed by atoms with van der Waals surface area (Å²) in [6.07, 6.45) is 2.55. The first-order valence-corrected chi connectivity index (χ1v) is 7.55. The van der Waals surface area contributed by atoms with E-state index in [1.165, 1.54) is 18.1 Å². The summed E-state index contributed by atoms with van der Waals surface area (Å²) in [7, 11) is 0. The second kappa shape index (κ2) is 5.51. The van der Waals surface area contributed by atoms with Crippen molar-refractivity contribution in [3.05, 3.63) is 40.9 Å². The molecule has 2 aromatic heterocycles. The maximum Gasteiger partial charge on any atom is 0.181 e. The number of rotatable bonds is 3. The van der Waals surface area contributed by atoms with Gasteiger partial charge in [0.05, 0.1) is 12.4 Å². The number of halogens is 1. The van der Waals surface area contributed by atoms with E-state index in [0.29, 0.717) is 5.65 Å². The molecular formula is C13H11BrN4OS. The zero-order valence-corrected chi connectivity index (χ0v) is 12.9. The summed E-state index contributed by atoms with van der Waals surface area (Å²) in [6.45, 7) is 1.75. The molecule has 0 fully saturated rings. The van der Waals surface area contributed by atoms with Gasteiger partial charge >= 0.3 is 0 Å². The van der Waals surface area contributed by atoms with Crippen LogP contribution in [0.15, 0.2) is 45.2 Å². The molecule has 3 rings (SSSR count). The SMILES string of the molecule is CC(O)c1ccc(Br)cc1Sc1ncnc2nc[nH]c12. The van der Waals surface area contributed by atoms with Crippen molar-refractivity contribution in [3.63, 3.8) is 0 Å². The average molecular weight is 351 g/mol. The summed E-state index contributed by atoms with van der Waals surface area (Å²) < 4.78 is 0.958. The van der Waals surface area contributed by atoms with Crippen LogP contribution in [0.5, 0.6) is 0 Å². The van der Waals surface area contributed by atoms with Gasteiger partial charge in [-0.1, -0.05) is 33.8 Å². The third-order valence-corrected chi connectivity index (χ3v) is 4.39. The molecular weight excluding hydrogens is 340 g/mol. The summed E-state index contributed by atoms with van der Waals surface area (Å²) in [5, 5.41) is 10.6. The van der Waals surface area contributed by atoms with Crippen molar-refractivity contribution in [1.29, 1.82) is 0 Å². The van der Waals surface area contributed by atoms with Gasteiger partial charge in [-0.2, -0.15) is 0 Å². The molecule has 0 spiro atoms. The number of imidazole rings is 1. The lowest BCUT2D eigenvalue weighted by molar-refractivity contribution is 0.196. The van der Waals surface area contributed by atoms with Crippen LogP contribution in [0.2, 0.25) is 0 Å². The van der Waals surface area contributed by atoms with Gasteiger partial charge in [0.1, 0.15) is 16.9 Å². The van der Waals surface area contributed by atoms with Crippen LogP contribution in [0.3, 0.4) is 0 Å². The Kier molecular flexibility index (Phi) is 3.73. The van der Waals surface area contributed by atoms with Crippen molar-refractivity contribution in [2.24, 2.45) is 0 Å². The Morgan fingerprint density at radius 1 is 1.30 bits per heavy atom. The Labute approximate surface area is 128 Å². The smallest absolute Gasteiger partial charge is 0.181 e. The number of aromatic amines is 1. The van der Waals surface area contributed by atoms with Crippen molar-refractivity contribution in [1.82, 2.24) is 19.9 Å². The first-order chi connectivity index (χ1) is 9.65. The van der Waals surface area contributed by atoms with E-state index in [4.69, 9.17) is 0 Å². The molecule has 0 radical (unpaired) electrons. The fraction of sp³-hybridized carbons (Fsp3) is 0.154. The van der Waals surface area contributed by atoms with Crippen molar-refractivity contribution in [2.75, 3.05) is 0 Å². The highest BCUT2D eigenvalue weighted by atomic mass is 79.9. The fourth-order valence-electron chi connectivity index (χ4n) is 1.87. The molecule has 7 heteroatoms. The highest BCUT2D eigenvalue weighted by molar-refractivity contribution is 9.10. The summed E-state index contributed by atoms with van der Waals surface area (Å²) in [6, 6.07) is 5.79. The molecule has 1 aromatic carbocycles. The monoisotopic (exact) mass is 350 g/mol. The Balaban J connectivity index is 2.07. The molecule has 0 aliphatic rings. The largest absolute Gasteiger partial charge is 0.389 e. The lowest BCUT2D eigenvalue weighted by Crippen LogP contribution is -1.95. The van der Waals surface area contributed by atoms with Crippen LogP contribution in [0.25, 0.3) is 11.2 Å². The van der Waals surface area contributed by atoms with Gasteiger partial charge < -0.3 is 10.1 Å². The van der Waals surface area contributed by atoms with Crippen LogP contribution in [0.1, 0.15) is 18.6 Å². The maximum absolute atomic E-state index is 9.87. The number of fused-ring (bicyclic) bond motifs is 1. The van der Waals surface area contributed by atoms with E-state index < -0.39 is 6.10 Å². The van der Waals surface area contributed by atoms with Crippen LogP contribution in [0, 0.1) is 0 Å². The average Bonchev–Trinajstić information content (AvgIpc) is 2.88. The molecule has 20 heavy (non-hydrogen) atoms. The molecule has 0 amide bonds. The van der Waals surface area contributed by atoms with Crippen molar-refractivity contribution in [3.8, 4) is 0 Å². The number of nitrogens with zero attached hydrogens (tertiary/aromatic N) is 3. The van der Waals surface area contributed by atoms with E-state index >= 15 is 0 Å². The lowest BCUT2D eigenvalue weighted by atomic mass is 10.1. The molecule has 5 nitrogen and oxygen atoms in total. The highest BCUT2D eigenvalue weighted by Crippen LogP contribution is 2.36. The molecule has 0 aliphatic carbocycles. The third kappa shape index (κ3) is 2.56. The van der Waals surface area contributed by atoms with Gasteiger partial charge in [0.15, 0.2) is 5.65 Å². The zero-order valence-electron chi connectivity index (χ0n) is 10.5. The molecule has 3 aromatic rings. The highest BCUT2D eigenvalue weighted by Gasteiger charge is 2.13. The van der Waals surface area contributed by atoms with Crippen LogP contribution in [-0.2, 0) is 0 Å². The van der Waals surface area contributed by atoms with Crippen LogP contribution >= 0.6 is 27.7 Å². The molecule has 102 valence electrons. The van der Waals surface area contributed by atoms with Crippen molar-refractivity contribution >= 4 is 38.9 Å². The number of H-pyrrole nitrogens is 1. The first-order valence-electron chi connectivity index (χ1n) is 5.94. The van der Waals surface area contributed by atoms with Crippen LogP contribution in [-0.4, -0.2) is 25.0 Å². The summed E-state index contributed by atoms with van der Waals surface area (Å²) in [5.41, 5.74) is 2.30. The molecule has 2 heterocycles. The Morgan fingerprint density at radius 2 is 2.15 bits per heavy atom. The van der Waals surface area contributed by atoms with Crippen LogP contribution < -0.4 is 0 Å². The topological polar surface area (TPSA) is 74.7 Å². The molecule has 0 bridgehead atoms. The van der Waals surface area contributed by atoms with Gasteiger partial charge in [-0.05, 0) is 24.6 Å². The van der Waals surface area contributed by atoms with Gasteiger partial charge in [-0.3, -0.25) is 0 Å². The predicted molar refractivity (Wildman–Crippen MR) is 80.6 cm³/mol. The molecule has 0 aliphatic heterocycles. The molecule has 0 saturated carbocycles. The van der Waals surface area contributed by atoms with Gasteiger partial charge in [-0.25, -0.2) is 15.0 Å². The fourth-order valence-corrected chi connectivity index (χ4v) is 3.48. The van der Waals surface area contributed by atoms with Crippen molar-refractivity contribution < 1.29 is 5.11 Å². The second-order valence-electron chi connectivity index (χ2n) is 4.24. The quantitative estimate of drug-likeness (QED) is 0.708. The zero-order chi connectivity index (χ0) is 14.1. The number of aliphatic hydroxyl groups excluding tert-OH is 1. The van der Waals surface area contributed by atoms with Crippen LogP contribution in [0.4, 0.5) is 0 Å². The number of aromatic nitrogens is 4. The molecule has 1 unspecified atom stereocenters. The van der Waals surface area contributed by atoms with E-state index in [1.807, 2.05) is 18.2 Å². The summed E-state index contributed by atoms with van der Waals surface area (Å²) in [4.78, 5) is 16.5. The van der Waals surface area contributed by atoms with E-state index in [2.05, 4.69) is 35.9 Å². The number of aliphatic hydroxyl groups is 1. The van der Waals surface area contributed by atoms with E-state index in [-0.39, 0.29) is 0 Å². The Hall–Kier alpha value is -1.44. The second-order valence-corrected chi connectivity index (χ2v) is 6.19. The van der Waals surface area contributed by atoms with E-state index in [1.54, 1.807) is 13.3 Å². The number of hydrogen-bond donors (Lipinski definition) is 2. The van der Waals surface area contributed by atoms with Gasteiger partial charge in [0.2, 0.25) is 0 Å². The number of benzene rings is 1. The first kappa shape index (κ1) is 13.5. The minimum atomic E-state index is -0.537. The normalized spacial score (nSPS) is 12.8. The van der Waals surface area contributed by atoms with E-state index in [0.717, 1.165) is 25.5 Å². The third-order valence-electron chi connectivity index (χ3n) is 2.82. The summed E-state index contributed by atoms with van der Waals surface area (Å²) in [5.74, 6) is 0. The molecule has 1 atom stereocenters. The maximum atomic E-state index is 9.87. The Morgan fingerprint density at radius 3 is 2.95 bits per heavy atom. The van der Waals surface area contributed by atoms with Gasteiger partial charge in [-0.15, -0.1) is 0 Å². The van der Waals surface area contributed by atoms with E-state index in [9.17, 15) is 5.11 Å². The van der Waals surface area contributed by atoms with Gasteiger partial charge in [0, 0.05) is 9.37 Å². The lowest BCUT2D eigenvalue weighted by Gasteiger charge is -2.11. The minimum Gasteiger partial charge on any atom is -0.389 e.